The van der Waals surface area contributed by atoms with Crippen molar-refractivity contribution < 1.29 is 29.9 Å². The average molecular weight is 333 g/mol. The summed E-state index contributed by atoms with van der Waals surface area (Å²) in [5.74, 6) is 0.235. The minimum Gasteiger partial charge on any atom is -0.394 e. The molecular weight excluding hydrogens is 306 g/mol. The molecule has 0 saturated carbocycles. The Hall–Kier alpha value is -1.10. The van der Waals surface area contributed by atoms with E-state index in [0.29, 0.717) is 0 Å². The maximum absolute atomic E-state index is 9.30. The summed E-state index contributed by atoms with van der Waals surface area (Å²) >= 11 is 0. The summed E-state index contributed by atoms with van der Waals surface area (Å²) in [7, 11) is 0. The number of hydrogen-bond acceptors (Lipinski definition) is 8. The van der Waals surface area contributed by atoms with Crippen molar-refractivity contribution in [2.45, 2.75) is 38.0 Å². The van der Waals surface area contributed by atoms with Gasteiger partial charge in [-0.15, -0.1) is 5.10 Å². The normalized spacial score (nSPS) is 15.8. The van der Waals surface area contributed by atoms with Gasteiger partial charge in [0.05, 0.1) is 45.3 Å². The number of aliphatic hydroxyl groups excluding tert-OH is 4. The second-order valence-corrected chi connectivity index (χ2v) is 5.68. The largest absolute Gasteiger partial charge is 0.394 e. The molecule has 9 heteroatoms. The van der Waals surface area contributed by atoms with E-state index in [1.807, 2.05) is 13.8 Å². The quantitative estimate of drug-likeness (QED) is 0.371. The van der Waals surface area contributed by atoms with Crippen LogP contribution in [-0.4, -0.2) is 87.3 Å². The number of aliphatic hydroxyl groups is 4. The number of hydrogen-bond donors (Lipinski definition) is 4. The van der Waals surface area contributed by atoms with Crippen molar-refractivity contribution in [3.63, 3.8) is 0 Å². The standard InChI is InChI=1S/C14H27N3O6/c1-10(2)14-3-17(16-15-14)11(6-22-8-12(20)4-18)7-23-9-13(21)5-19/h3,10-13,18-21H,4-9H2,1-2H3. The van der Waals surface area contributed by atoms with E-state index in [-0.39, 0.29) is 51.6 Å². The Kier molecular flexibility index (Phi) is 9.22. The first kappa shape index (κ1) is 19.9. The molecule has 1 heterocycles. The lowest BCUT2D eigenvalue weighted by Crippen LogP contribution is -2.28. The third-order valence-corrected chi connectivity index (χ3v) is 3.16. The summed E-state index contributed by atoms with van der Waals surface area (Å²) in [4.78, 5) is 0. The highest BCUT2D eigenvalue weighted by Gasteiger charge is 2.17. The smallest absolute Gasteiger partial charge is 0.100 e. The van der Waals surface area contributed by atoms with Gasteiger partial charge >= 0.3 is 0 Å². The predicted octanol–water partition coefficient (Wildman–Crippen LogP) is -1.32. The van der Waals surface area contributed by atoms with Gasteiger partial charge in [0.15, 0.2) is 0 Å². The molecule has 23 heavy (non-hydrogen) atoms. The second-order valence-electron chi connectivity index (χ2n) is 5.68. The van der Waals surface area contributed by atoms with Crippen molar-refractivity contribution in [1.29, 1.82) is 0 Å². The van der Waals surface area contributed by atoms with Crippen LogP contribution in [0.5, 0.6) is 0 Å². The third-order valence-electron chi connectivity index (χ3n) is 3.16. The molecular formula is C14H27N3O6. The number of ether oxygens (including phenoxy) is 2. The molecule has 0 fully saturated rings. The number of rotatable bonds is 12. The van der Waals surface area contributed by atoms with Gasteiger partial charge in [0, 0.05) is 6.20 Å². The van der Waals surface area contributed by atoms with Crippen molar-refractivity contribution in [3.05, 3.63) is 11.9 Å². The van der Waals surface area contributed by atoms with Gasteiger partial charge in [0.25, 0.3) is 0 Å². The molecule has 0 saturated heterocycles. The van der Waals surface area contributed by atoms with Gasteiger partial charge < -0.3 is 29.9 Å². The van der Waals surface area contributed by atoms with Crippen LogP contribution < -0.4 is 0 Å². The van der Waals surface area contributed by atoms with Crippen LogP contribution in [0, 0.1) is 0 Å². The van der Waals surface area contributed by atoms with E-state index in [9.17, 15) is 10.2 Å². The zero-order valence-electron chi connectivity index (χ0n) is 13.6. The SMILES string of the molecule is CC(C)c1cn(C(COCC(O)CO)COCC(O)CO)nn1. The fourth-order valence-corrected chi connectivity index (χ4v) is 1.72. The van der Waals surface area contributed by atoms with Crippen LogP contribution in [0.4, 0.5) is 0 Å². The predicted molar refractivity (Wildman–Crippen MR) is 81.0 cm³/mol. The van der Waals surface area contributed by atoms with Crippen LogP contribution in [0.3, 0.4) is 0 Å². The van der Waals surface area contributed by atoms with E-state index in [1.165, 1.54) is 0 Å². The summed E-state index contributed by atoms with van der Waals surface area (Å²) in [5, 5.41) is 44.3. The topological polar surface area (TPSA) is 130 Å². The Morgan fingerprint density at radius 1 is 1.00 bits per heavy atom. The molecule has 0 aromatic carbocycles. The molecule has 0 aliphatic heterocycles. The Balaban J connectivity index is 2.59. The van der Waals surface area contributed by atoms with Crippen LogP contribution in [-0.2, 0) is 9.47 Å². The van der Waals surface area contributed by atoms with E-state index >= 15 is 0 Å². The molecule has 2 unspecified atom stereocenters. The first-order chi connectivity index (χ1) is 11.0. The van der Waals surface area contributed by atoms with Gasteiger partial charge in [-0.05, 0) is 5.92 Å². The van der Waals surface area contributed by atoms with Crippen molar-refractivity contribution in [3.8, 4) is 0 Å². The molecule has 4 N–H and O–H groups in total. The van der Waals surface area contributed by atoms with E-state index in [1.54, 1.807) is 10.9 Å². The van der Waals surface area contributed by atoms with Crippen molar-refractivity contribution >= 4 is 0 Å². The lowest BCUT2D eigenvalue weighted by molar-refractivity contribution is -0.0339. The van der Waals surface area contributed by atoms with Gasteiger partial charge in [-0.3, -0.25) is 0 Å². The second kappa shape index (κ2) is 10.6. The van der Waals surface area contributed by atoms with Crippen LogP contribution in [0.25, 0.3) is 0 Å². The molecule has 2 atom stereocenters. The molecule has 0 spiro atoms. The summed E-state index contributed by atoms with van der Waals surface area (Å²) in [6, 6.07) is -0.299. The fourth-order valence-electron chi connectivity index (χ4n) is 1.72. The van der Waals surface area contributed by atoms with E-state index in [2.05, 4.69) is 10.3 Å². The van der Waals surface area contributed by atoms with Gasteiger partial charge in [0.1, 0.15) is 18.2 Å². The Labute approximate surface area is 135 Å². The third kappa shape index (κ3) is 7.34. The Bertz CT molecular complexity index is 412. The van der Waals surface area contributed by atoms with Crippen LogP contribution in [0.2, 0.25) is 0 Å². The van der Waals surface area contributed by atoms with E-state index in [4.69, 9.17) is 19.7 Å². The maximum atomic E-state index is 9.30. The zero-order valence-corrected chi connectivity index (χ0v) is 13.6. The van der Waals surface area contributed by atoms with Gasteiger partial charge in [0.2, 0.25) is 0 Å². The highest BCUT2D eigenvalue weighted by Crippen LogP contribution is 2.13. The van der Waals surface area contributed by atoms with Crippen molar-refractivity contribution in [1.82, 2.24) is 15.0 Å². The minimum atomic E-state index is -0.935. The van der Waals surface area contributed by atoms with Gasteiger partial charge in [-0.25, -0.2) is 4.68 Å². The zero-order chi connectivity index (χ0) is 17.2. The molecule has 134 valence electrons. The van der Waals surface area contributed by atoms with E-state index < -0.39 is 12.2 Å². The van der Waals surface area contributed by atoms with Crippen molar-refractivity contribution in [2.24, 2.45) is 0 Å². The number of aromatic nitrogens is 3. The Morgan fingerprint density at radius 3 is 1.91 bits per heavy atom. The molecule has 1 aromatic rings. The van der Waals surface area contributed by atoms with Crippen LogP contribution in [0.1, 0.15) is 31.5 Å². The first-order valence-electron chi connectivity index (χ1n) is 7.63. The Morgan fingerprint density at radius 2 is 1.52 bits per heavy atom. The lowest BCUT2D eigenvalue weighted by Gasteiger charge is -2.19. The summed E-state index contributed by atoms with van der Waals surface area (Å²) < 4.78 is 12.3. The van der Waals surface area contributed by atoms with Crippen LogP contribution in [0.15, 0.2) is 6.20 Å². The van der Waals surface area contributed by atoms with Gasteiger partial charge in [-0.2, -0.15) is 0 Å². The van der Waals surface area contributed by atoms with E-state index in [0.717, 1.165) is 5.69 Å². The van der Waals surface area contributed by atoms with Gasteiger partial charge in [-0.1, -0.05) is 19.1 Å². The molecule has 9 nitrogen and oxygen atoms in total. The molecule has 1 aromatic heterocycles. The van der Waals surface area contributed by atoms with Crippen LogP contribution >= 0.6 is 0 Å². The molecule has 0 bridgehead atoms. The summed E-state index contributed by atoms with van der Waals surface area (Å²) in [6.45, 7) is 3.67. The fraction of sp³-hybridized carbons (Fsp3) is 0.857. The highest BCUT2D eigenvalue weighted by atomic mass is 16.5. The molecule has 0 radical (unpaired) electrons. The molecule has 0 aliphatic carbocycles. The monoisotopic (exact) mass is 333 g/mol. The molecule has 0 amide bonds. The number of nitrogens with zero attached hydrogens (tertiary/aromatic N) is 3. The first-order valence-corrected chi connectivity index (χ1v) is 7.63. The summed E-state index contributed by atoms with van der Waals surface area (Å²) in [5.41, 5.74) is 0.834. The highest BCUT2D eigenvalue weighted by molar-refractivity contribution is 4.99. The molecule has 0 aliphatic rings. The minimum absolute atomic E-state index is 0.00198. The maximum Gasteiger partial charge on any atom is 0.100 e. The average Bonchev–Trinajstić information content (AvgIpc) is 3.02. The molecule has 1 rings (SSSR count). The van der Waals surface area contributed by atoms with Crippen molar-refractivity contribution in [2.75, 3.05) is 39.6 Å². The summed E-state index contributed by atoms with van der Waals surface area (Å²) in [6.07, 6.45) is -0.0722. The lowest BCUT2D eigenvalue weighted by atomic mass is 10.1.